The molecule has 0 radical (unpaired) electrons. The van der Waals surface area contributed by atoms with Crippen LogP contribution >= 0.6 is 0 Å². The molecule has 1 N–H and O–H groups in total. The summed E-state index contributed by atoms with van der Waals surface area (Å²) in [6, 6.07) is 12.2. The van der Waals surface area contributed by atoms with Crippen LogP contribution in [0.3, 0.4) is 0 Å². The molecule has 28 heavy (non-hydrogen) atoms. The van der Waals surface area contributed by atoms with E-state index in [-0.39, 0.29) is 17.7 Å². The Balaban J connectivity index is 1.66. The van der Waals surface area contributed by atoms with Gasteiger partial charge in [0.1, 0.15) is 0 Å². The first-order valence-corrected chi connectivity index (χ1v) is 10.1. The van der Waals surface area contributed by atoms with Gasteiger partial charge in [-0.25, -0.2) is 0 Å². The molecular weight excluding hydrogens is 350 g/mol. The summed E-state index contributed by atoms with van der Waals surface area (Å²) < 4.78 is 0. The Kier molecular flexibility index (Phi) is 5.16. The van der Waals surface area contributed by atoms with Crippen molar-refractivity contribution in [2.45, 2.75) is 32.1 Å². The number of carbonyl (C=O) groups is 2. The number of nitrogens with zero attached hydrogens (tertiary/aromatic N) is 2. The second kappa shape index (κ2) is 7.74. The molecule has 0 spiro atoms. The predicted molar refractivity (Wildman–Crippen MR) is 108 cm³/mol. The zero-order valence-electron chi connectivity index (χ0n) is 16.4. The Morgan fingerprint density at radius 2 is 1.93 bits per heavy atom. The summed E-state index contributed by atoms with van der Waals surface area (Å²) in [5, 5.41) is 2.87. The summed E-state index contributed by atoms with van der Waals surface area (Å²) in [5.41, 5.74) is 2.77. The number of hydrogen-bond acceptors (Lipinski definition) is 3. The van der Waals surface area contributed by atoms with Gasteiger partial charge in [0.15, 0.2) is 0 Å². The zero-order chi connectivity index (χ0) is 19.6. The molecule has 1 aromatic heterocycles. The van der Waals surface area contributed by atoms with Crippen molar-refractivity contribution in [3.8, 4) is 11.1 Å². The number of benzene rings is 1. The Labute approximate surface area is 166 Å². The van der Waals surface area contributed by atoms with E-state index in [0.29, 0.717) is 13.0 Å². The van der Waals surface area contributed by atoms with Crippen LogP contribution in [0.25, 0.3) is 11.1 Å². The molecule has 0 bridgehead atoms. The summed E-state index contributed by atoms with van der Waals surface area (Å²) >= 11 is 0. The molecule has 0 unspecified atom stereocenters. The van der Waals surface area contributed by atoms with E-state index in [1.54, 1.807) is 19.4 Å². The van der Waals surface area contributed by atoms with Gasteiger partial charge in [-0.1, -0.05) is 24.3 Å². The van der Waals surface area contributed by atoms with Crippen LogP contribution in [0.1, 0.15) is 31.2 Å². The van der Waals surface area contributed by atoms with Gasteiger partial charge in [-0.15, -0.1) is 0 Å². The largest absolute Gasteiger partial charge is 0.359 e. The average molecular weight is 377 g/mol. The number of hydrogen-bond donors (Lipinski definition) is 1. The normalized spacial score (nSPS) is 22.0. The monoisotopic (exact) mass is 377 g/mol. The molecule has 5 heteroatoms. The molecule has 1 aliphatic heterocycles. The molecule has 2 aliphatic rings. The van der Waals surface area contributed by atoms with Crippen LogP contribution in [-0.4, -0.2) is 41.8 Å². The van der Waals surface area contributed by atoms with Crippen LogP contribution < -0.4 is 5.32 Å². The lowest BCUT2D eigenvalue weighted by molar-refractivity contribution is -0.142. The molecular formula is C23H27N3O2. The van der Waals surface area contributed by atoms with Crippen molar-refractivity contribution in [3.63, 3.8) is 0 Å². The smallest absolute Gasteiger partial charge is 0.228 e. The quantitative estimate of drug-likeness (QED) is 0.871. The van der Waals surface area contributed by atoms with Crippen molar-refractivity contribution in [3.05, 3.63) is 54.4 Å². The minimum absolute atomic E-state index is 0.0327. The van der Waals surface area contributed by atoms with E-state index in [1.807, 2.05) is 29.2 Å². The van der Waals surface area contributed by atoms with Gasteiger partial charge in [0, 0.05) is 38.4 Å². The van der Waals surface area contributed by atoms with Crippen LogP contribution in [0.15, 0.2) is 48.8 Å². The average Bonchev–Trinajstić information content (AvgIpc) is 3.59. The van der Waals surface area contributed by atoms with E-state index in [2.05, 4.69) is 22.4 Å². The maximum atomic E-state index is 13.0. The third-order valence-corrected chi connectivity index (χ3v) is 6.06. The van der Waals surface area contributed by atoms with Gasteiger partial charge >= 0.3 is 0 Å². The molecule has 5 nitrogen and oxygen atoms in total. The van der Waals surface area contributed by atoms with E-state index in [9.17, 15) is 9.59 Å². The first-order valence-electron chi connectivity index (χ1n) is 10.1. The molecule has 1 aliphatic carbocycles. The third kappa shape index (κ3) is 3.66. The van der Waals surface area contributed by atoms with E-state index in [0.717, 1.165) is 48.9 Å². The number of pyridine rings is 1. The lowest BCUT2D eigenvalue weighted by Crippen LogP contribution is -2.54. The summed E-state index contributed by atoms with van der Waals surface area (Å²) in [5.74, 6) is 0.449. The van der Waals surface area contributed by atoms with Crippen molar-refractivity contribution in [2.24, 2.45) is 11.3 Å². The van der Waals surface area contributed by atoms with E-state index >= 15 is 0 Å². The Morgan fingerprint density at radius 3 is 2.64 bits per heavy atom. The summed E-state index contributed by atoms with van der Waals surface area (Å²) in [6.07, 6.45) is 7.85. The first-order chi connectivity index (χ1) is 13.6. The number of rotatable bonds is 5. The zero-order valence-corrected chi connectivity index (χ0v) is 16.4. The van der Waals surface area contributed by atoms with Gasteiger partial charge in [-0.3, -0.25) is 14.6 Å². The maximum absolute atomic E-state index is 13.0. The number of aromatic nitrogens is 1. The molecule has 1 aromatic carbocycles. The minimum atomic E-state index is -0.583. The molecule has 146 valence electrons. The van der Waals surface area contributed by atoms with Crippen LogP contribution in [0.5, 0.6) is 0 Å². The Hall–Kier alpha value is -2.69. The first kappa shape index (κ1) is 18.7. The van der Waals surface area contributed by atoms with Crippen molar-refractivity contribution in [1.29, 1.82) is 0 Å². The van der Waals surface area contributed by atoms with Crippen molar-refractivity contribution >= 4 is 11.8 Å². The molecule has 2 fully saturated rings. The maximum Gasteiger partial charge on any atom is 0.228 e. The highest BCUT2D eigenvalue weighted by Crippen LogP contribution is 2.39. The highest BCUT2D eigenvalue weighted by molar-refractivity contribution is 5.86. The molecule has 1 atom stereocenters. The molecule has 1 saturated carbocycles. The van der Waals surface area contributed by atoms with Gasteiger partial charge in [0.25, 0.3) is 0 Å². The third-order valence-electron chi connectivity index (χ3n) is 6.06. The van der Waals surface area contributed by atoms with E-state index in [4.69, 9.17) is 0 Å². The van der Waals surface area contributed by atoms with Crippen LogP contribution in [-0.2, 0) is 16.0 Å². The summed E-state index contributed by atoms with van der Waals surface area (Å²) in [6.45, 7) is 1.27. The second-order valence-corrected chi connectivity index (χ2v) is 8.07. The predicted octanol–water partition coefficient (Wildman–Crippen LogP) is 3.06. The minimum Gasteiger partial charge on any atom is -0.359 e. The molecule has 2 amide bonds. The van der Waals surface area contributed by atoms with E-state index in [1.165, 1.54) is 0 Å². The number of piperidine rings is 1. The highest BCUT2D eigenvalue weighted by Gasteiger charge is 2.45. The fourth-order valence-corrected chi connectivity index (χ4v) is 4.44. The molecule has 2 aromatic rings. The lowest BCUT2D eigenvalue weighted by Gasteiger charge is -2.42. The number of amides is 2. The fourth-order valence-electron chi connectivity index (χ4n) is 4.44. The lowest BCUT2D eigenvalue weighted by atomic mass is 9.73. The van der Waals surface area contributed by atoms with Crippen LogP contribution in [0, 0.1) is 11.3 Å². The van der Waals surface area contributed by atoms with Gasteiger partial charge in [-0.2, -0.15) is 0 Å². The topological polar surface area (TPSA) is 62.3 Å². The van der Waals surface area contributed by atoms with Gasteiger partial charge in [-0.05, 0) is 60.9 Å². The number of nitrogens with one attached hydrogen (secondary N) is 1. The SMILES string of the molecule is CNC(=O)[C@@]1(Cc2ccccc2-c2ccncc2)CCCN(C(=O)C2CC2)C1. The highest BCUT2D eigenvalue weighted by atomic mass is 16.2. The molecule has 1 saturated heterocycles. The van der Waals surface area contributed by atoms with Gasteiger partial charge in [0.2, 0.25) is 11.8 Å². The number of likely N-dealkylation sites (tertiary alicyclic amines) is 1. The molecule has 2 heterocycles. The van der Waals surface area contributed by atoms with E-state index < -0.39 is 5.41 Å². The van der Waals surface area contributed by atoms with Crippen molar-refractivity contribution in [2.75, 3.05) is 20.1 Å². The van der Waals surface area contributed by atoms with Crippen LogP contribution in [0.2, 0.25) is 0 Å². The second-order valence-electron chi connectivity index (χ2n) is 8.07. The fraction of sp³-hybridized carbons (Fsp3) is 0.435. The molecule has 4 rings (SSSR count). The van der Waals surface area contributed by atoms with Crippen LogP contribution in [0.4, 0.5) is 0 Å². The summed E-state index contributed by atoms with van der Waals surface area (Å²) in [7, 11) is 1.69. The van der Waals surface area contributed by atoms with Gasteiger partial charge < -0.3 is 10.2 Å². The van der Waals surface area contributed by atoms with Crippen molar-refractivity contribution < 1.29 is 9.59 Å². The number of carbonyl (C=O) groups excluding carboxylic acids is 2. The summed E-state index contributed by atoms with van der Waals surface area (Å²) in [4.78, 5) is 31.8. The Morgan fingerprint density at radius 1 is 1.18 bits per heavy atom. The van der Waals surface area contributed by atoms with Crippen molar-refractivity contribution in [1.82, 2.24) is 15.2 Å². The standard InChI is InChI=1S/C23H27N3O2/c1-24-22(28)23(11-4-14-26(16-23)21(27)18-7-8-18)15-19-5-2-3-6-20(19)17-9-12-25-13-10-17/h2-3,5-6,9-10,12-13,18H,4,7-8,11,14-16H2,1H3,(H,24,28)/t23-/m1/s1. The van der Waals surface area contributed by atoms with Gasteiger partial charge in [0.05, 0.1) is 5.41 Å². The Bertz CT molecular complexity index is 863.